The summed E-state index contributed by atoms with van der Waals surface area (Å²) in [6, 6.07) is 3.85. The van der Waals surface area contributed by atoms with Crippen LogP contribution in [0.15, 0.2) is 22.8 Å². The summed E-state index contributed by atoms with van der Waals surface area (Å²) >= 11 is 3.36. The predicted octanol–water partition coefficient (Wildman–Crippen LogP) is 4.44. The van der Waals surface area contributed by atoms with Gasteiger partial charge in [0, 0.05) is 16.7 Å². The summed E-state index contributed by atoms with van der Waals surface area (Å²) < 4.78 is 6.66. The third-order valence-corrected chi connectivity index (χ3v) is 3.18. The molecule has 0 aliphatic heterocycles. The van der Waals surface area contributed by atoms with E-state index >= 15 is 0 Å². The minimum absolute atomic E-state index is 0.658. The highest BCUT2D eigenvalue weighted by molar-refractivity contribution is 9.10. The van der Waals surface area contributed by atoms with Crippen molar-refractivity contribution in [2.24, 2.45) is 5.92 Å². The summed E-state index contributed by atoms with van der Waals surface area (Å²) in [7, 11) is 0. The van der Waals surface area contributed by atoms with Crippen LogP contribution in [0.3, 0.4) is 0 Å². The molecule has 0 radical (unpaired) electrons. The van der Waals surface area contributed by atoms with Crippen molar-refractivity contribution in [1.29, 1.82) is 0 Å². The quantitative estimate of drug-likeness (QED) is 0.739. The maximum absolute atomic E-state index is 5.68. The Morgan fingerprint density at radius 2 is 2.19 bits per heavy atom. The van der Waals surface area contributed by atoms with Crippen molar-refractivity contribution in [2.45, 2.75) is 39.5 Å². The first-order valence-electron chi connectivity index (χ1n) is 6.00. The molecule has 3 heteroatoms. The molecule has 0 saturated heterocycles. The van der Waals surface area contributed by atoms with E-state index in [1.54, 1.807) is 6.20 Å². The Labute approximate surface area is 107 Å². The van der Waals surface area contributed by atoms with Crippen LogP contribution in [0.1, 0.15) is 39.5 Å². The molecular weight excluding hydrogens is 266 g/mol. The molecule has 1 aromatic heterocycles. The molecule has 1 rings (SSSR count). The van der Waals surface area contributed by atoms with E-state index in [1.165, 1.54) is 25.7 Å². The number of halogens is 1. The smallest absolute Gasteiger partial charge is 0.213 e. The SMILES string of the molecule is CCCCC(CC)COc1ccc(Br)cn1. The first-order chi connectivity index (χ1) is 7.76. The summed E-state index contributed by atoms with van der Waals surface area (Å²) in [6.45, 7) is 5.23. The number of aromatic nitrogens is 1. The van der Waals surface area contributed by atoms with E-state index < -0.39 is 0 Å². The molecule has 90 valence electrons. The summed E-state index contributed by atoms with van der Waals surface area (Å²) in [5, 5.41) is 0. The summed E-state index contributed by atoms with van der Waals surface area (Å²) in [6.07, 6.45) is 6.74. The van der Waals surface area contributed by atoms with Crippen LogP contribution in [-0.4, -0.2) is 11.6 Å². The molecule has 16 heavy (non-hydrogen) atoms. The highest BCUT2D eigenvalue weighted by atomic mass is 79.9. The highest BCUT2D eigenvalue weighted by Crippen LogP contribution is 2.16. The van der Waals surface area contributed by atoms with Crippen LogP contribution >= 0.6 is 15.9 Å². The van der Waals surface area contributed by atoms with Gasteiger partial charge < -0.3 is 4.74 Å². The molecule has 1 aromatic rings. The van der Waals surface area contributed by atoms with Crippen molar-refractivity contribution in [1.82, 2.24) is 4.98 Å². The standard InChI is InChI=1S/C13H20BrNO/c1-3-5-6-11(4-2)10-16-13-8-7-12(14)9-15-13/h7-9,11H,3-6,10H2,1-2H3. The molecule has 0 fully saturated rings. The second-order valence-electron chi connectivity index (χ2n) is 4.04. The maximum Gasteiger partial charge on any atom is 0.213 e. The van der Waals surface area contributed by atoms with Gasteiger partial charge in [-0.15, -0.1) is 0 Å². The fourth-order valence-corrected chi connectivity index (χ4v) is 1.78. The van der Waals surface area contributed by atoms with E-state index in [9.17, 15) is 0 Å². The van der Waals surface area contributed by atoms with Gasteiger partial charge in [0.15, 0.2) is 0 Å². The fraction of sp³-hybridized carbons (Fsp3) is 0.615. The zero-order chi connectivity index (χ0) is 11.8. The Morgan fingerprint density at radius 1 is 1.38 bits per heavy atom. The summed E-state index contributed by atoms with van der Waals surface area (Å²) in [5.41, 5.74) is 0. The molecule has 0 N–H and O–H groups in total. The monoisotopic (exact) mass is 285 g/mol. The van der Waals surface area contributed by atoms with Gasteiger partial charge in [-0.1, -0.05) is 33.1 Å². The predicted molar refractivity (Wildman–Crippen MR) is 70.7 cm³/mol. The maximum atomic E-state index is 5.68. The minimum atomic E-state index is 0.658. The molecule has 0 aromatic carbocycles. The van der Waals surface area contributed by atoms with E-state index in [0.29, 0.717) is 5.92 Å². The van der Waals surface area contributed by atoms with Gasteiger partial charge in [0.2, 0.25) is 5.88 Å². The van der Waals surface area contributed by atoms with Crippen molar-refractivity contribution in [3.63, 3.8) is 0 Å². The number of rotatable bonds is 7. The Kier molecular flexibility index (Phi) is 6.46. The van der Waals surface area contributed by atoms with E-state index in [0.717, 1.165) is 17.0 Å². The Morgan fingerprint density at radius 3 is 2.75 bits per heavy atom. The fourth-order valence-electron chi connectivity index (χ4n) is 1.55. The molecule has 1 unspecified atom stereocenters. The molecule has 0 amide bonds. The van der Waals surface area contributed by atoms with Crippen molar-refractivity contribution in [3.8, 4) is 5.88 Å². The van der Waals surface area contributed by atoms with Crippen LogP contribution < -0.4 is 4.74 Å². The highest BCUT2D eigenvalue weighted by Gasteiger charge is 2.07. The largest absolute Gasteiger partial charge is 0.477 e. The minimum Gasteiger partial charge on any atom is -0.477 e. The number of hydrogen-bond acceptors (Lipinski definition) is 2. The molecule has 1 heterocycles. The number of ether oxygens (including phenoxy) is 1. The summed E-state index contributed by atoms with van der Waals surface area (Å²) in [5.74, 6) is 1.38. The molecule has 0 aliphatic rings. The molecule has 2 nitrogen and oxygen atoms in total. The average molecular weight is 286 g/mol. The van der Waals surface area contributed by atoms with Gasteiger partial charge in [-0.2, -0.15) is 0 Å². The number of hydrogen-bond donors (Lipinski definition) is 0. The average Bonchev–Trinajstić information content (AvgIpc) is 2.32. The van der Waals surface area contributed by atoms with Gasteiger partial charge in [-0.3, -0.25) is 0 Å². The zero-order valence-electron chi connectivity index (χ0n) is 10.1. The Hall–Kier alpha value is -0.570. The Balaban J connectivity index is 2.34. The van der Waals surface area contributed by atoms with Gasteiger partial charge in [0.25, 0.3) is 0 Å². The normalized spacial score (nSPS) is 12.4. The topological polar surface area (TPSA) is 22.1 Å². The van der Waals surface area contributed by atoms with Crippen LogP contribution in [0.25, 0.3) is 0 Å². The molecule has 0 spiro atoms. The van der Waals surface area contributed by atoms with Crippen molar-refractivity contribution in [2.75, 3.05) is 6.61 Å². The van der Waals surface area contributed by atoms with E-state index in [1.807, 2.05) is 12.1 Å². The van der Waals surface area contributed by atoms with Gasteiger partial charge >= 0.3 is 0 Å². The third kappa shape index (κ3) is 4.97. The number of unbranched alkanes of at least 4 members (excludes halogenated alkanes) is 1. The third-order valence-electron chi connectivity index (χ3n) is 2.71. The lowest BCUT2D eigenvalue weighted by Gasteiger charge is -2.14. The van der Waals surface area contributed by atoms with Crippen molar-refractivity contribution in [3.05, 3.63) is 22.8 Å². The molecule has 0 bridgehead atoms. The molecule has 0 saturated carbocycles. The number of pyridine rings is 1. The van der Waals surface area contributed by atoms with Crippen molar-refractivity contribution >= 4 is 15.9 Å². The van der Waals surface area contributed by atoms with Crippen molar-refractivity contribution < 1.29 is 4.74 Å². The van der Waals surface area contributed by atoms with Crippen LogP contribution in [0.5, 0.6) is 5.88 Å². The second-order valence-corrected chi connectivity index (χ2v) is 4.96. The zero-order valence-corrected chi connectivity index (χ0v) is 11.7. The lowest BCUT2D eigenvalue weighted by molar-refractivity contribution is 0.226. The molecule has 1 atom stereocenters. The van der Waals surface area contributed by atoms with Crippen LogP contribution in [0, 0.1) is 5.92 Å². The van der Waals surface area contributed by atoms with E-state index in [-0.39, 0.29) is 0 Å². The molecule has 0 aliphatic carbocycles. The first-order valence-corrected chi connectivity index (χ1v) is 6.79. The van der Waals surface area contributed by atoms with Gasteiger partial charge in [-0.05, 0) is 34.3 Å². The first kappa shape index (κ1) is 13.5. The lowest BCUT2D eigenvalue weighted by atomic mass is 10.0. The number of nitrogens with zero attached hydrogens (tertiary/aromatic N) is 1. The van der Waals surface area contributed by atoms with E-state index in [2.05, 4.69) is 34.8 Å². The second kappa shape index (κ2) is 7.66. The van der Waals surface area contributed by atoms with Crippen LogP contribution in [0.4, 0.5) is 0 Å². The molecular formula is C13H20BrNO. The van der Waals surface area contributed by atoms with Gasteiger partial charge in [-0.25, -0.2) is 4.98 Å². The Bertz CT molecular complexity index is 286. The van der Waals surface area contributed by atoms with Crippen LogP contribution in [0.2, 0.25) is 0 Å². The van der Waals surface area contributed by atoms with Gasteiger partial charge in [0.1, 0.15) is 0 Å². The summed E-state index contributed by atoms with van der Waals surface area (Å²) in [4.78, 5) is 4.20. The van der Waals surface area contributed by atoms with E-state index in [4.69, 9.17) is 4.74 Å². The lowest BCUT2D eigenvalue weighted by Crippen LogP contribution is -2.11. The van der Waals surface area contributed by atoms with Gasteiger partial charge in [0.05, 0.1) is 6.61 Å². The van der Waals surface area contributed by atoms with Crippen LogP contribution in [-0.2, 0) is 0 Å².